The van der Waals surface area contributed by atoms with Crippen molar-refractivity contribution in [2.75, 3.05) is 5.32 Å². The van der Waals surface area contributed by atoms with Crippen LogP contribution in [0.5, 0.6) is 0 Å². The molecule has 0 saturated carbocycles. The summed E-state index contributed by atoms with van der Waals surface area (Å²) in [6, 6.07) is 9.55. The Morgan fingerprint density at radius 1 is 1.19 bits per heavy atom. The van der Waals surface area contributed by atoms with Crippen LogP contribution in [0.1, 0.15) is 16.3 Å². The molecule has 0 aliphatic carbocycles. The fourth-order valence-electron chi connectivity index (χ4n) is 1.93. The van der Waals surface area contributed by atoms with Crippen molar-refractivity contribution >= 4 is 22.6 Å². The van der Waals surface area contributed by atoms with Crippen molar-refractivity contribution in [3.63, 3.8) is 0 Å². The van der Waals surface area contributed by atoms with Gasteiger partial charge in [0.05, 0.1) is 0 Å². The van der Waals surface area contributed by atoms with Gasteiger partial charge in [0.2, 0.25) is 0 Å². The zero-order valence-electron chi connectivity index (χ0n) is 11.2. The molecule has 1 amide bonds. The molecule has 6 nitrogen and oxygen atoms in total. The molecule has 0 spiro atoms. The summed E-state index contributed by atoms with van der Waals surface area (Å²) >= 11 is 0. The monoisotopic (exact) mass is 281 g/mol. The summed E-state index contributed by atoms with van der Waals surface area (Å²) in [5.41, 5.74) is 0.953. The third-order valence-electron chi connectivity index (χ3n) is 2.89. The highest BCUT2D eigenvalue weighted by atomic mass is 16.4. The molecule has 0 bridgehead atoms. The number of amides is 1. The molecule has 1 aromatic carbocycles. The largest absolute Gasteiger partial charge is 0.423 e. The first kappa shape index (κ1) is 13.0. The number of hydrogen-bond donors (Lipinski definition) is 1. The third kappa shape index (κ3) is 2.79. The fourth-order valence-corrected chi connectivity index (χ4v) is 1.93. The first-order valence-corrected chi connectivity index (χ1v) is 6.27. The predicted octanol–water partition coefficient (Wildman–Crippen LogP) is 2.14. The fraction of sp³-hybridized carbons (Fsp3) is 0.0667. The van der Waals surface area contributed by atoms with E-state index in [4.69, 9.17) is 4.42 Å². The van der Waals surface area contributed by atoms with Crippen LogP contribution in [0.2, 0.25) is 0 Å². The number of nitrogens with zero attached hydrogens (tertiary/aromatic N) is 2. The van der Waals surface area contributed by atoms with Crippen molar-refractivity contribution in [2.24, 2.45) is 0 Å². The Balaban J connectivity index is 1.89. The smallest absolute Gasteiger partial charge is 0.336 e. The van der Waals surface area contributed by atoms with Crippen molar-refractivity contribution in [2.45, 2.75) is 6.92 Å². The van der Waals surface area contributed by atoms with Crippen LogP contribution in [0.15, 0.2) is 51.8 Å². The lowest BCUT2D eigenvalue weighted by molar-refractivity contribution is 0.102. The van der Waals surface area contributed by atoms with Gasteiger partial charge in [-0.3, -0.25) is 4.79 Å². The summed E-state index contributed by atoms with van der Waals surface area (Å²) in [6.45, 7) is 1.72. The van der Waals surface area contributed by atoms with Crippen LogP contribution in [-0.4, -0.2) is 15.9 Å². The summed E-state index contributed by atoms with van der Waals surface area (Å²) < 4.78 is 5.03. The van der Waals surface area contributed by atoms with Crippen LogP contribution < -0.4 is 10.9 Å². The highest BCUT2D eigenvalue weighted by molar-refractivity contribution is 6.03. The zero-order valence-corrected chi connectivity index (χ0v) is 11.2. The number of fused-ring (bicyclic) bond motifs is 1. The molecule has 0 aliphatic rings. The van der Waals surface area contributed by atoms with Crippen molar-refractivity contribution in [1.29, 1.82) is 0 Å². The highest BCUT2D eigenvalue weighted by Gasteiger charge is 2.08. The molecule has 6 heteroatoms. The minimum absolute atomic E-state index is 0.294. The van der Waals surface area contributed by atoms with E-state index in [1.54, 1.807) is 37.3 Å². The molecular weight excluding hydrogens is 270 g/mol. The second kappa shape index (κ2) is 5.16. The Labute approximate surface area is 119 Å². The van der Waals surface area contributed by atoms with Crippen molar-refractivity contribution in [3.05, 3.63) is 64.5 Å². The van der Waals surface area contributed by atoms with Gasteiger partial charge in [-0.25, -0.2) is 14.8 Å². The number of rotatable bonds is 2. The van der Waals surface area contributed by atoms with Gasteiger partial charge in [-0.15, -0.1) is 0 Å². The molecule has 3 aromatic rings. The van der Waals surface area contributed by atoms with Gasteiger partial charge in [0.1, 0.15) is 17.1 Å². The summed E-state index contributed by atoms with van der Waals surface area (Å²) in [7, 11) is 0. The number of carbonyl (C=O) groups excluding carboxylic acids is 1. The average Bonchev–Trinajstić information content (AvgIpc) is 2.47. The molecule has 0 fully saturated rings. The topological polar surface area (TPSA) is 85.1 Å². The van der Waals surface area contributed by atoms with Crippen molar-refractivity contribution < 1.29 is 9.21 Å². The summed E-state index contributed by atoms with van der Waals surface area (Å²) in [6.07, 6.45) is 1.53. The van der Waals surface area contributed by atoms with E-state index in [1.165, 1.54) is 12.3 Å². The van der Waals surface area contributed by atoms with Gasteiger partial charge in [-0.1, -0.05) is 0 Å². The molecule has 0 saturated heterocycles. The van der Waals surface area contributed by atoms with E-state index in [-0.39, 0.29) is 5.91 Å². The summed E-state index contributed by atoms with van der Waals surface area (Å²) in [5.74, 6) is 0.208. The summed E-state index contributed by atoms with van der Waals surface area (Å²) in [5, 5.41) is 3.47. The highest BCUT2D eigenvalue weighted by Crippen LogP contribution is 2.18. The first-order valence-electron chi connectivity index (χ1n) is 6.27. The zero-order chi connectivity index (χ0) is 14.8. The molecule has 0 aliphatic heterocycles. The molecule has 2 aromatic heterocycles. The summed E-state index contributed by atoms with van der Waals surface area (Å²) in [4.78, 5) is 31.2. The second-order valence-corrected chi connectivity index (χ2v) is 4.45. The van der Waals surface area contributed by atoms with Gasteiger partial charge in [0.25, 0.3) is 5.91 Å². The Morgan fingerprint density at radius 2 is 2.05 bits per heavy atom. The van der Waals surface area contributed by atoms with Gasteiger partial charge in [-0.2, -0.15) is 0 Å². The van der Waals surface area contributed by atoms with Gasteiger partial charge < -0.3 is 9.73 Å². The second-order valence-electron chi connectivity index (χ2n) is 4.45. The van der Waals surface area contributed by atoms with E-state index in [1.807, 2.05) is 0 Å². The maximum Gasteiger partial charge on any atom is 0.336 e. The number of aryl methyl sites for hydroxylation is 1. The SMILES string of the molecule is Cc1nccc(C(=O)Nc2ccc3oc(=O)ccc3c2)n1. The quantitative estimate of drug-likeness (QED) is 0.727. The number of nitrogens with one attached hydrogen (secondary N) is 1. The van der Waals surface area contributed by atoms with Gasteiger partial charge in [0, 0.05) is 23.3 Å². The maximum absolute atomic E-state index is 12.1. The van der Waals surface area contributed by atoms with Crippen LogP contribution >= 0.6 is 0 Å². The lowest BCUT2D eigenvalue weighted by atomic mass is 10.2. The maximum atomic E-state index is 12.1. The van der Waals surface area contributed by atoms with E-state index in [0.717, 1.165) is 5.39 Å². The van der Waals surface area contributed by atoms with E-state index >= 15 is 0 Å². The third-order valence-corrected chi connectivity index (χ3v) is 2.89. The van der Waals surface area contributed by atoms with Crippen LogP contribution in [0, 0.1) is 6.92 Å². The predicted molar refractivity (Wildman–Crippen MR) is 77.2 cm³/mol. The first-order chi connectivity index (χ1) is 10.1. The molecule has 0 radical (unpaired) electrons. The van der Waals surface area contributed by atoms with E-state index in [2.05, 4.69) is 15.3 Å². The van der Waals surface area contributed by atoms with Gasteiger partial charge in [0.15, 0.2) is 0 Å². The minimum atomic E-state index is -0.407. The number of benzene rings is 1. The average molecular weight is 281 g/mol. The number of aromatic nitrogens is 2. The van der Waals surface area contributed by atoms with Crippen LogP contribution in [0.4, 0.5) is 5.69 Å². The Morgan fingerprint density at radius 3 is 2.86 bits per heavy atom. The molecule has 3 rings (SSSR count). The molecule has 104 valence electrons. The number of hydrogen-bond acceptors (Lipinski definition) is 5. The lowest BCUT2D eigenvalue weighted by Gasteiger charge is -2.05. The minimum Gasteiger partial charge on any atom is -0.423 e. The molecule has 2 heterocycles. The standard InChI is InChI=1S/C15H11N3O3/c1-9-16-7-6-12(17-9)15(20)18-11-3-4-13-10(8-11)2-5-14(19)21-13/h2-8H,1H3,(H,18,20). The van der Waals surface area contributed by atoms with Crippen LogP contribution in [0.25, 0.3) is 11.0 Å². The molecular formula is C15H11N3O3. The molecule has 0 unspecified atom stereocenters. The Hall–Kier alpha value is -3.02. The van der Waals surface area contributed by atoms with Crippen LogP contribution in [0.3, 0.4) is 0 Å². The number of carbonyl (C=O) groups is 1. The lowest BCUT2D eigenvalue weighted by Crippen LogP contribution is -2.14. The number of anilines is 1. The molecule has 1 N–H and O–H groups in total. The van der Waals surface area contributed by atoms with E-state index in [9.17, 15) is 9.59 Å². The Kier molecular flexibility index (Phi) is 3.19. The van der Waals surface area contributed by atoms with Crippen molar-refractivity contribution in [3.8, 4) is 0 Å². The van der Waals surface area contributed by atoms with Crippen LogP contribution in [-0.2, 0) is 0 Å². The molecule has 0 atom stereocenters. The molecule has 21 heavy (non-hydrogen) atoms. The Bertz CT molecular complexity index is 886. The van der Waals surface area contributed by atoms with Crippen molar-refractivity contribution in [1.82, 2.24) is 9.97 Å². The van der Waals surface area contributed by atoms with E-state index in [0.29, 0.717) is 22.8 Å². The van der Waals surface area contributed by atoms with E-state index < -0.39 is 5.63 Å². The van der Waals surface area contributed by atoms with Gasteiger partial charge >= 0.3 is 5.63 Å². The van der Waals surface area contributed by atoms with Gasteiger partial charge in [-0.05, 0) is 37.3 Å². The normalized spacial score (nSPS) is 10.5.